The highest BCUT2D eigenvalue weighted by Crippen LogP contribution is 2.38. The third kappa shape index (κ3) is 24.9. The number of Topliss-reactive ketones (excluding diaryl/α,β-unsaturated/α-hetero) is 2. The first-order valence-electron chi connectivity index (χ1n) is 28.7. The number of carbonyl (C=O) groups excluding carboxylic acids is 5. The summed E-state index contributed by atoms with van der Waals surface area (Å²) in [5.41, 5.74) is 0.743. The fourth-order valence-electron chi connectivity index (χ4n) is 9.39. The summed E-state index contributed by atoms with van der Waals surface area (Å²) in [5.74, 6) is -6.72. The predicted octanol–water partition coefficient (Wildman–Crippen LogP) is -1.10. The van der Waals surface area contributed by atoms with E-state index >= 15 is 0 Å². The van der Waals surface area contributed by atoms with Crippen molar-refractivity contribution in [3.8, 4) is 23.0 Å². The largest absolute Gasteiger partial charge is 0.484 e. The van der Waals surface area contributed by atoms with Crippen molar-refractivity contribution in [2.45, 2.75) is 121 Å². The Bertz CT molecular complexity index is 2740. The maximum Gasteiger partial charge on any atom is 0.341 e. The van der Waals surface area contributed by atoms with Gasteiger partial charge in [-0.25, -0.2) is 19.2 Å². The Morgan fingerprint density at radius 1 is 0.571 bits per heavy atom. The van der Waals surface area contributed by atoms with Gasteiger partial charge in [-0.3, -0.25) is 19.2 Å². The van der Waals surface area contributed by atoms with E-state index < -0.39 is 129 Å². The molecule has 3 aliphatic rings. The minimum atomic E-state index is -1.68. The molecule has 31 heteroatoms. The molecule has 506 valence electrons. The van der Waals surface area contributed by atoms with Crippen LogP contribution in [0.5, 0.6) is 23.0 Å². The first-order valence-corrected chi connectivity index (χ1v) is 28.7. The lowest BCUT2D eigenvalue weighted by molar-refractivity contribution is -0.323. The topological polar surface area (TPSA) is 464 Å². The van der Waals surface area contributed by atoms with Crippen LogP contribution in [-0.2, 0) is 68.5 Å². The number of aromatic carboxylic acids is 1. The van der Waals surface area contributed by atoms with Crippen LogP contribution in [0.25, 0.3) is 0 Å². The van der Waals surface area contributed by atoms with Gasteiger partial charge < -0.3 is 114 Å². The molecule has 3 aromatic carbocycles. The summed E-state index contributed by atoms with van der Waals surface area (Å²) in [6, 6.07) is 16.8. The number of benzene rings is 3. The SMILES string of the molecule is CC(=O)C1CC(OCC2OC(C(C)C)C(O)C(O)C2O)C(OC2OC(CO)C(O)C(O)C2O)CC1C(C)=O.COCCNC(=O)COc1cc(OCC(=O)NCCOC)cc(C(=O)O)c1.O=C(O)COc1cc(OCC(=O)O)cc(C(=O)OCc2ccccc2)c1. The molecule has 2 saturated heterocycles. The molecule has 6 rings (SSSR count). The minimum absolute atomic E-state index is 0.0172. The van der Waals surface area contributed by atoms with Gasteiger partial charge in [-0.1, -0.05) is 44.2 Å². The van der Waals surface area contributed by atoms with E-state index in [9.17, 15) is 79.2 Å². The first-order chi connectivity index (χ1) is 43.2. The first kappa shape index (κ1) is 76.0. The maximum absolute atomic E-state index is 12.4. The fourth-order valence-corrected chi connectivity index (χ4v) is 9.39. The molecule has 31 nitrogen and oxygen atoms in total. The normalized spacial score (nSPS) is 25.2. The lowest BCUT2D eigenvalue weighted by Gasteiger charge is -2.46. The Hall–Kier alpha value is -7.50. The molecular formula is C60H82N2O29. The fraction of sp³-hybridized carbons (Fsp3) is 0.567. The van der Waals surface area contributed by atoms with E-state index in [0.717, 1.165) is 5.56 Å². The number of methoxy groups -OCH3 is 2. The van der Waals surface area contributed by atoms with Crippen LogP contribution in [0.3, 0.4) is 0 Å². The molecule has 2 amide bonds. The molecule has 12 N–H and O–H groups in total. The molecule has 3 aromatic rings. The highest BCUT2D eigenvalue weighted by molar-refractivity contribution is 5.91. The molecule has 14 unspecified atom stereocenters. The zero-order chi connectivity index (χ0) is 67.5. The van der Waals surface area contributed by atoms with Gasteiger partial charge in [0.2, 0.25) is 0 Å². The lowest BCUT2D eigenvalue weighted by atomic mass is 9.73. The number of carboxylic acid groups (broad SMARTS) is 3. The Labute approximate surface area is 522 Å². The predicted molar refractivity (Wildman–Crippen MR) is 310 cm³/mol. The van der Waals surface area contributed by atoms with Gasteiger partial charge in [0, 0.05) is 51.3 Å². The summed E-state index contributed by atoms with van der Waals surface area (Å²) >= 11 is 0. The van der Waals surface area contributed by atoms with E-state index in [1.54, 1.807) is 38.1 Å². The van der Waals surface area contributed by atoms with Crippen LogP contribution < -0.4 is 29.6 Å². The Kier molecular flexibility index (Phi) is 32.0. The van der Waals surface area contributed by atoms with Gasteiger partial charge in [-0.05, 0) is 62.4 Å². The average molecular weight is 1300 g/mol. The molecule has 0 spiro atoms. The number of aliphatic hydroxyl groups is 7. The van der Waals surface area contributed by atoms with E-state index in [0.29, 0.717) is 26.3 Å². The highest BCUT2D eigenvalue weighted by Gasteiger charge is 2.50. The number of esters is 1. The lowest BCUT2D eigenvalue weighted by Crippen LogP contribution is -2.61. The van der Waals surface area contributed by atoms with Gasteiger partial charge in [0.15, 0.2) is 32.7 Å². The number of aliphatic carboxylic acids is 2. The number of ketones is 2. The highest BCUT2D eigenvalue weighted by atomic mass is 16.7. The number of hydrogen-bond donors (Lipinski definition) is 12. The quantitative estimate of drug-likeness (QED) is 0.0269. The number of amides is 2. The van der Waals surface area contributed by atoms with E-state index in [4.69, 9.17) is 62.3 Å². The van der Waals surface area contributed by atoms with Gasteiger partial charge in [-0.15, -0.1) is 0 Å². The van der Waals surface area contributed by atoms with E-state index in [2.05, 4.69) is 10.6 Å². The summed E-state index contributed by atoms with van der Waals surface area (Å²) in [4.78, 5) is 92.8. The van der Waals surface area contributed by atoms with Crippen LogP contribution in [0.1, 0.15) is 66.8 Å². The second kappa shape index (κ2) is 38.4. The molecule has 3 fully saturated rings. The second-order valence-corrected chi connectivity index (χ2v) is 21.4. The number of aliphatic hydroxyl groups excluding tert-OH is 7. The van der Waals surface area contributed by atoms with Gasteiger partial charge in [0.1, 0.15) is 90.0 Å². The molecule has 0 radical (unpaired) electrons. The average Bonchev–Trinajstić information content (AvgIpc) is 0.852. The van der Waals surface area contributed by atoms with Crippen molar-refractivity contribution in [2.24, 2.45) is 17.8 Å². The van der Waals surface area contributed by atoms with Crippen molar-refractivity contribution >= 4 is 47.3 Å². The smallest absolute Gasteiger partial charge is 0.341 e. The summed E-state index contributed by atoms with van der Waals surface area (Å²) in [5, 5.41) is 103. The molecule has 91 heavy (non-hydrogen) atoms. The monoisotopic (exact) mass is 1290 g/mol. The molecule has 2 aliphatic heterocycles. The van der Waals surface area contributed by atoms with Crippen molar-refractivity contribution in [1.82, 2.24) is 10.6 Å². The summed E-state index contributed by atoms with van der Waals surface area (Å²) in [6.07, 6.45) is -15.3. The third-order valence-electron chi connectivity index (χ3n) is 14.1. The minimum Gasteiger partial charge on any atom is -0.484 e. The molecule has 2 heterocycles. The van der Waals surface area contributed by atoms with Crippen LogP contribution in [0.4, 0.5) is 0 Å². The second-order valence-electron chi connectivity index (χ2n) is 21.4. The molecule has 14 atom stereocenters. The Balaban J connectivity index is 0.000000299. The van der Waals surface area contributed by atoms with Crippen molar-refractivity contribution < 1.29 is 142 Å². The maximum atomic E-state index is 12.4. The molecule has 1 aliphatic carbocycles. The summed E-state index contributed by atoms with van der Waals surface area (Å²) < 4.78 is 58.8. The number of nitrogens with one attached hydrogen (secondary N) is 2. The Morgan fingerprint density at radius 2 is 1.03 bits per heavy atom. The number of rotatable bonds is 31. The Morgan fingerprint density at radius 3 is 1.48 bits per heavy atom. The molecule has 0 aromatic heterocycles. The summed E-state index contributed by atoms with van der Waals surface area (Å²) in [6.45, 7) is 5.01. The van der Waals surface area contributed by atoms with Crippen LogP contribution in [0.15, 0.2) is 66.7 Å². The summed E-state index contributed by atoms with van der Waals surface area (Å²) in [7, 11) is 3.03. The van der Waals surface area contributed by atoms with Crippen molar-refractivity contribution in [1.29, 1.82) is 0 Å². The molecule has 0 bridgehead atoms. The number of ether oxygens (including phenoxy) is 11. The zero-order valence-corrected chi connectivity index (χ0v) is 50.9. The van der Waals surface area contributed by atoms with Crippen LogP contribution >= 0.6 is 0 Å². The van der Waals surface area contributed by atoms with E-state index in [-0.39, 0.29) is 103 Å². The van der Waals surface area contributed by atoms with Crippen molar-refractivity contribution in [3.63, 3.8) is 0 Å². The van der Waals surface area contributed by atoms with Gasteiger partial charge >= 0.3 is 23.9 Å². The van der Waals surface area contributed by atoms with Crippen molar-refractivity contribution in [3.05, 3.63) is 83.4 Å². The van der Waals surface area contributed by atoms with E-state index in [1.165, 1.54) is 64.5 Å². The van der Waals surface area contributed by atoms with Gasteiger partial charge in [0.05, 0.1) is 55.9 Å². The van der Waals surface area contributed by atoms with Crippen LogP contribution in [0.2, 0.25) is 0 Å². The van der Waals surface area contributed by atoms with Gasteiger partial charge in [0.25, 0.3) is 11.8 Å². The third-order valence-corrected chi connectivity index (χ3v) is 14.1. The molecular weight excluding hydrogens is 1210 g/mol. The van der Waals surface area contributed by atoms with Crippen LogP contribution in [-0.4, -0.2) is 252 Å². The van der Waals surface area contributed by atoms with Gasteiger partial charge in [-0.2, -0.15) is 0 Å². The number of carbonyl (C=O) groups is 8. The van der Waals surface area contributed by atoms with Crippen LogP contribution in [0, 0.1) is 17.8 Å². The number of hydrogen-bond acceptors (Lipinski definition) is 26. The number of carboxylic acids is 3. The standard InChI is InChI=1S/C25H42O13.C18H16O8.C17H24N2O8/c1-9(2)24-22(33)20(31)19(30)17(36-24)8-35-14-5-12(10(3)27)13(11(4)28)6-15(14)37-25-23(34)21(32)18(29)16(7-26)38-25;19-16(20)10-24-14-6-13(7-15(8-14)25-11-17(21)22)18(23)26-9-12-4-2-1-3-5-12;1-24-5-3-18-15(20)10-26-13-7-12(17(22)23)8-14(9-13)27-11-16(21)19-4-6-25-2/h9,12-26,29-34H,5-8H2,1-4H3;1-8H,9-11H2,(H,19,20)(H,21,22);7-9H,3-6,10-11H2,1-2H3,(H,18,20)(H,19,21)(H,22,23). The zero-order valence-electron chi connectivity index (χ0n) is 50.9. The van der Waals surface area contributed by atoms with Crippen molar-refractivity contribution in [2.75, 3.05) is 80.2 Å². The van der Waals surface area contributed by atoms with E-state index in [1.807, 2.05) is 6.07 Å². The molecule has 1 saturated carbocycles.